The predicted molar refractivity (Wildman–Crippen MR) is 130 cm³/mol. The maximum absolute atomic E-state index is 13.3. The molecule has 5 heteroatoms. The molecule has 180 valence electrons. The molecule has 5 nitrogen and oxygen atoms in total. The number of methoxy groups -OCH3 is 1. The van der Waals surface area contributed by atoms with Gasteiger partial charge in [0.15, 0.2) is 0 Å². The number of Topliss-reactive ketones (excluding diaryl/α,β-unsaturated/α-hetero) is 1. The van der Waals surface area contributed by atoms with Crippen molar-refractivity contribution in [3.05, 3.63) is 50.4 Å². The van der Waals surface area contributed by atoms with Crippen molar-refractivity contribution < 1.29 is 18.8 Å². The van der Waals surface area contributed by atoms with Gasteiger partial charge in [-0.15, -0.1) is 0 Å². The molecule has 0 amide bonds. The van der Waals surface area contributed by atoms with Crippen LogP contribution in [0.3, 0.4) is 0 Å². The molecule has 1 aromatic heterocycles. The predicted octanol–water partition coefficient (Wildman–Crippen LogP) is 6.28. The number of ketones is 1. The third kappa shape index (κ3) is 5.23. The number of nitrogens with zero attached hydrogens (tertiary/aromatic N) is 1. The zero-order chi connectivity index (χ0) is 24.4. The van der Waals surface area contributed by atoms with E-state index in [2.05, 4.69) is 46.7 Å². The molecule has 33 heavy (non-hydrogen) atoms. The van der Waals surface area contributed by atoms with E-state index in [0.29, 0.717) is 31.1 Å². The Morgan fingerprint density at radius 1 is 0.970 bits per heavy atom. The van der Waals surface area contributed by atoms with Gasteiger partial charge in [-0.2, -0.15) is 0 Å². The molecule has 1 aliphatic rings. The molecule has 1 fully saturated rings. The van der Waals surface area contributed by atoms with E-state index in [1.54, 1.807) is 0 Å². The second-order valence-corrected chi connectivity index (χ2v) is 10.2. The summed E-state index contributed by atoms with van der Waals surface area (Å²) in [5.74, 6) is 1.84. The van der Waals surface area contributed by atoms with Gasteiger partial charge in [-0.05, 0) is 100 Å². The third-order valence-electron chi connectivity index (χ3n) is 8.06. The summed E-state index contributed by atoms with van der Waals surface area (Å²) in [4.78, 5) is 25.2. The van der Waals surface area contributed by atoms with Gasteiger partial charge in [0.25, 0.3) is 0 Å². The standard InChI is InChI=1S/C28H39NO4/c1-15-11-23(12-15)28-21(7)27(29-33-28)22(9-10-26(31)32-8)13-24(30)14-25-19(5)17(3)16(2)18(4)20(25)6/h15,22-23H,9-14H2,1-8H3. The summed E-state index contributed by atoms with van der Waals surface area (Å²) in [7, 11) is 1.40. The van der Waals surface area contributed by atoms with Crippen LogP contribution in [0.15, 0.2) is 4.52 Å². The summed E-state index contributed by atoms with van der Waals surface area (Å²) in [6.07, 6.45) is 3.76. The van der Waals surface area contributed by atoms with Gasteiger partial charge in [0.1, 0.15) is 11.5 Å². The maximum atomic E-state index is 13.3. The topological polar surface area (TPSA) is 69.4 Å². The van der Waals surface area contributed by atoms with Gasteiger partial charge in [-0.1, -0.05) is 12.1 Å². The second kappa shape index (κ2) is 10.2. The first-order chi connectivity index (χ1) is 15.5. The molecule has 1 atom stereocenters. The monoisotopic (exact) mass is 453 g/mol. The number of carbonyl (C=O) groups excluding carboxylic acids is 2. The summed E-state index contributed by atoms with van der Waals surface area (Å²) in [6, 6.07) is 0. The van der Waals surface area contributed by atoms with E-state index in [0.717, 1.165) is 35.4 Å². The Balaban J connectivity index is 1.83. The SMILES string of the molecule is COC(=O)CCC(CC(=O)Cc1c(C)c(C)c(C)c(C)c1C)c1noc(C2CC(C)C2)c1C. The van der Waals surface area contributed by atoms with Gasteiger partial charge < -0.3 is 9.26 Å². The summed E-state index contributed by atoms with van der Waals surface area (Å²) in [5, 5.41) is 4.40. The van der Waals surface area contributed by atoms with Crippen molar-refractivity contribution in [3.63, 3.8) is 0 Å². The van der Waals surface area contributed by atoms with Crippen LogP contribution in [0.5, 0.6) is 0 Å². The van der Waals surface area contributed by atoms with Crippen molar-refractivity contribution in [1.82, 2.24) is 5.16 Å². The molecule has 0 saturated heterocycles. The largest absolute Gasteiger partial charge is 0.469 e. The van der Waals surface area contributed by atoms with Crippen LogP contribution in [0.1, 0.15) is 101 Å². The Bertz CT molecular complexity index is 1010. The minimum atomic E-state index is -0.266. The lowest BCUT2D eigenvalue weighted by atomic mass is 9.73. The van der Waals surface area contributed by atoms with E-state index in [-0.39, 0.29) is 24.1 Å². The van der Waals surface area contributed by atoms with Crippen molar-refractivity contribution in [2.45, 2.75) is 98.8 Å². The molecule has 2 aromatic rings. The Hall–Kier alpha value is -2.43. The molecule has 3 rings (SSSR count). The minimum Gasteiger partial charge on any atom is -0.469 e. The number of hydrogen-bond acceptors (Lipinski definition) is 5. The summed E-state index contributed by atoms with van der Waals surface area (Å²) in [6.45, 7) is 14.9. The lowest BCUT2D eigenvalue weighted by molar-refractivity contribution is -0.141. The smallest absolute Gasteiger partial charge is 0.305 e. The Kier molecular flexibility index (Phi) is 7.81. The molecule has 1 heterocycles. The van der Waals surface area contributed by atoms with Crippen LogP contribution < -0.4 is 0 Å². The summed E-state index contributed by atoms with van der Waals surface area (Å²) >= 11 is 0. The lowest BCUT2D eigenvalue weighted by Crippen LogP contribution is -2.19. The van der Waals surface area contributed by atoms with E-state index in [1.165, 1.54) is 34.9 Å². The van der Waals surface area contributed by atoms with Crippen LogP contribution in [-0.2, 0) is 20.7 Å². The highest BCUT2D eigenvalue weighted by molar-refractivity contribution is 5.83. The molecule has 1 aliphatic carbocycles. The Morgan fingerprint density at radius 2 is 1.55 bits per heavy atom. The van der Waals surface area contributed by atoms with Gasteiger partial charge in [-0.3, -0.25) is 9.59 Å². The van der Waals surface area contributed by atoms with Crippen LogP contribution >= 0.6 is 0 Å². The maximum Gasteiger partial charge on any atom is 0.305 e. The highest BCUT2D eigenvalue weighted by Crippen LogP contribution is 2.44. The number of esters is 1. The summed E-state index contributed by atoms with van der Waals surface area (Å²) < 4.78 is 10.6. The molecule has 0 spiro atoms. The minimum absolute atomic E-state index is 0.153. The molecular formula is C28H39NO4. The molecule has 0 bridgehead atoms. The average Bonchev–Trinajstić information content (AvgIpc) is 3.14. The average molecular weight is 454 g/mol. The van der Waals surface area contributed by atoms with Crippen molar-refractivity contribution in [2.24, 2.45) is 5.92 Å². The molecule has 0 radical (unpaired) electrons. The van der Waals surface area contributed by atoms with E-state index in [4.69, 9.17) is 9.26 Å². The highest BCUT2D eigenvalue weighted by atomic mass is 16.5. The number of benzene rings is 1. The Labute approximate surface area is 198 Å². The van der Waals surface area contributed by atoms with Gasteiger partial charge in [0.05, 0.1) is 12.8 Å². The van der Waals surface area contributed by atoms with Crippen molar-refractivity contribution in [1.29, 1.82) is 0 Å². The first-order valence-electron chi connectivity index (χ1n) is 12.1. The first-order valence-corrected chi connectivity index (χ1v) is 12.1. The highest BCUT2D eigenvalue weighted by Gasteiger charge is 2.34. The van der Waals surface area contributed by atoms with E-state index in [9.17, 15) is 9.59 Å². The Morgan fingerprint density at radius 3 is 2.09 bits per heavy atom. The van der Waals surface area contributed by atoms with Crippen molar-refractivity contribution >= 4 is 11.8 Å². The summed E-state index contributed by atoms with van der Waals surface area (Å²) in [5.41, 5.74) is 9.23. The molecular weight excluding hydrogens is 414 g/mol. The van der Waals surface area contributed by atoms with E-state index < -0.39 is 0 Å². The van der Waals surface area contributed by atoms with Crippen LogP contribution in [0.2, 0.25) is 0 Å². The van der Waals surface area contributed by atoms with Crippen LogP contribution in [0.4, 0.5) is 0 Å². The zero-order valence-corrected chi connectivity index (χ0v) is 21.6. The zero-order valence-electron chi connectivity index (χ0n) is 21.6. The van der Waals surface area contributed by atoms with E-state index in [1.807, 2.05) is 6.92 Å². The molecule has 0 N–H and O–H groups in total. The third-order valence-corrected chi connectivity index (χ3v) is 8.06. The quantitative estimate of drug-likeness (QED) is 0.418. The van der Waals surface area contributed by atoms with Crippen molar-refractivity contribution in [2.75, 3.05) is 7.11 Å². The van der Waals surface area contributed by atoms with Gasteiger partial charge in [0.2, 0.25) is 0 Å². The van der Waals surface area contributed by atoms with Crippen LogP contribution in [0, 0.1) is 47.5 Å². The number of ether oxygens (including phenoxy) is 1. The number of rotatable bonds is 9. The fraction of sp³-hybridized carbons (Fsp3) is 0.607. The fourth-order valence-corrected chi connectivity index (χ4v) is 5.36. The van der Waals surface area contributed by atoms with Gasteiger partial charge in [-0.25, -0.2) is 0 Å². The normalized spacial score (nSPS) is 18.7. The van der Waals surface area contributed by atoms with Gasteiger partial charge in [0, 0.05) is 36.7 Å². The number of aromatic nitrogens is 1. The number of carbonyl (C=O) groups is 2. The fourth-order valence-electron chi connectivity index (χ4n) is 5.36. The van der Waals surface area contributed by atoms with Crippen molar-refractivity contribution in [3.8, 4) is 0 Å². The molecule has 1 aromatic carbocycles. The second-order valence-electron chi connectivity index (χ2n) is 10.2. The number of hydrogen-bond donors (Lipinski definition) is 0. The molecule has 0 aliphatic heterocycles. The molecule has 1 unspecified atom stereocenters. The van der Waals surface area contributed by atoms with Crippen LogP contribution in [-0.4, -0.2) is 24.0 Å². The lowest BCUT2D eigenvalue weighted by Gasteiger charge is -2.30. The van der Waals surface area contributed by atoms with E-state index >= 15 is 0 Å². The first kappa shape index (κ1) is 25.2. The molecule has 1 saturated carbocycles. The van der Waals surface area contributed by atoms with Gasteiger partial charge >= 0.3 is 5.97 Å². The van der Waals surface area contributed by atoms with Crippen LogP contribution in [0.25, 0.3) is 0 Å².